The fraction of sp³-hybridized carbons (Fsp3) is 0.705. The van der Waals surface area contributed by atoms with Crippen LogP contribution in [0.4, 0.5) is 0 Å². The van der Waals surface area contributed by atoms with Crippen molar-refractivity contribution in [1.29, 1.82) is 0 Å². The van der Waals surface area contributed by atoms with Gasteiger partial charge in [0.15, 0.2) is 6.10 Å². The van der Waals surface area contributed by atoms with Crippen molar-refractivity contribution in [2.75, 3.05) is 41.0 Å². The van der Waals surface area contributed by atoms with Gasteiger partial charge in [0.2, 0.25) is 0 Å². The fourth-order valence-electron chi connectivity index (χ4n) is 5.48. The summed E-state index contributed by atoms with van der Waals surface area (Å²) in [7, 11) is 5.38. The Balaban J connectivity index is 4.40. The number of unbranched alkanes of at least 4 members (excludes halogenated alkanes) is 11. The molecule has 0 aliphatic carbocycles. The first-order chi connectivity index (χ1) is 25.1. The van der Waals surface area contributed by atoms with Crippen molar-refractivity contribution in [1.82, 2.24) is 0 Å². The molecule has 0 radical (unpaired) electrons. The number of allylic oxidation sites excluding steroid dienone is 10. The minimum atomic E-state index is -1.13. The Morgan fingerprint density at radius 2 is 1.10 bits per heavy atom. The number of hydrogen-bond donors (Lipinski definition) is 0. The standard InChI is InChI=1S/C44H75NO7/c1-6-8-10-12-14-16-17-18-19-20-21-22-23-24-25-27-29-31-33-35-43(47)52-40(38-50-37-36-41(44(48)49)45(3,4)5)39-51-42(46)34-32-30-28-26-15-13-11-9-7-2/h8,10,14,16,18-19,21-22,26,28,40-41H,6-7,9,11-13,15,17,20,23-25,27,29-39H2,1-5H3/b10-8+,16-14+,19-18+,22-21+,28-26+. The van der Waals surface area contributed by atoms with Gasteiger partial charge in [-0.3, -0.25) is 9.59 Å². The number of aliphatic carboxylic acids is 1. The van der Waals surface area contributed by atoms with Gasteiger partial charge in [-0.2, -0.15) is 0 Å². The Kier molecular flexibility index (Phi) is 33.1. The topological polar surface area (TPSA) is 102 Å². The predicted octanol–water partition coefficient (Wildman–Crippen LogP) is 9.30. The lowest BCUT2D eigenvalue weighted by Gasteiger charge is -2.34. The lowest BCUT2D eigenvalue weighted by atomic mass is 10.1. The molecule has 0 heterocycles. The number of esters is 2. The monoisotopic (exact) mass is 730 g/mol. The molecule has 2 unspecified atom stereocenters. The minimum absolute atomic E-state index is 0.0238. The summed E-state index contributed by atoms with van der Waals surface area (Å²) in [6.07, 6.45) is 41.1. The van der Waals surface area contributed by atoms with Crippen molar-refractivity contribution >= 4 is 17.9 Å². The summed E-state index contributed by atoms with van der Waals surface area (Å²) in [6, 6.07) is -0.732. The van der Waals surface area contributed by atoms with Gasteiger partial charge < -0.3 is 28.6 Å². The average Bonchev–Trinajstić information content (AvgIpc) is 3.09. The van der Waals surface area contributed by atoms with E-state index in [0.717, 1.165) is 70.6 Å². The second-order valence-corrected chi connectivity index (χ2v) is 14.5. The fourth-order valence-corrected chi connectivity index (χ4v) is 5.48. The smallest absolute Gasteiger partial charge is 0.306 e. The maximum absolute atomic E-state index is 12.7. The number of carboxylic acids is 1. The molecule has 8 heteroatoms. The quantitative estimate of drug-likeness (QED) is 0.0277. The van der Waals surface area contributed by atoms with Crippen molar-refractivity contribution < 1.29 is 38.2 Å². The number of likely N-dealkylation sites (N-methyl/N-ethyl adjacent to an activating group) is 1. The van der Waals surface area contributed by atoms with Crippen LogP contribution < -0.4 is 5.11 Å². The number of carbonyl (C=O) groups is 3. The molecule has 0 aromatic carbocycles. The third kappa shape index (κ3) is 32.9. The Labute approximate surface area is 318 Å². The number of rotatable bonds is 35. The molecule has 0 N–H and O–H groups in total. The van der Waals surface area contributed by atoms with Crippen molar-refractivity contribution in [2.24, 2.45) is 0 Å². The Morgan fingerprint density at radius 1 is 0.596 bits per heavy atom. The molecule has 0 rings (SSSR count). The first kappa shape index (κ1) is 49.0. The van der Waals surface area contributed by atoms with Crippen LogP contribution >= 0.6 is 0 Å². The van der Waals surface area contributed by atoms with Crippen LogP contribution in [-0.2, 0) is 28.6 Å². The highest BCUT2D eigenvalue weighted by molar-refractivity contribution is 5.70. The van der Waals surface area contributed by atoms with Gasteiger partial charge in [0, 0.05) is 19.3 Å². The SMILES string of the molecule is CC/C=C/C/C=C/C/C=C/C/C=C/CCCCCCCCC(=O)OC(COCCC(C(=O)[O-])[N+](C)(C)C)COC(=O)CCC/C=C/CCCCCC. The Hall–Kier alpha value is -2.97. The zero-order valence-corrected chi connectivity index (χ0v) is 33.7. The number of nitrogens with zero attached hydrogens (tertiary/aromatic N) is 1. The van der Waals surface area contributed by atoms with E-state index in [0.29, 0.717) is 19.3 Å². The summed E-state index contributed by atoms with van der Waals surface area (Å²) >= 11 is 0. The molecule has 0 spiro atoms. The van der Waals surface area contributed by atoms with Crippen LogP contribution in [0.15, 0.2) is 60.8 Å². The number of quaternary nitrogens is 1. The number of hydrogen-bond acceptors (Lipinski definition) is 7. The highest BCUT2D eigenvalue weighted by atomic mass is 16.6. The third-order valence-electron chi connectivity index (χ3n) is 8.64. The molecule has 2 atom stereocenters. The summed E-state index contributed by atoms with van der Waals surface area (Å²) in [5.74, 6) is -1.81. The molecule has 8 nitrogen and oxygen atoms in total. The molecule has 0 bridgehead atoms. The van der Waals surface area contributed by atoms with Gasteiger partial charge in [-0.1, -0.05) is 120 Å². The van der Waals surface area contributed by atoms with E-state index in [-0.39, 0.29) is 42.7 Å². The minimum Gasteiger partial charge on any atom is -0.544 e. The lowest BCUT2D eigenvalue weighted by molar-refractivity contribution is -0.889. The van der Waals surface area contributed by atoms with E-state index in [1.165, 1.54) is 38.5 Å². The van der Waals surface area contributed by atoms with Crippen LogP contribution in [0.25, 0.3) is 0 Å². The number of ether oxygens (including phenoxy) is 3. The van der Waals surface area contributed by atoms with E-state index < -0.39 is 18.1 Å². The van der Waals surface area contributed by atoms with E-state index >= 15 is 0 Å². The van der Waals surface area contributed by atoms with Gasteiger partial charge in [0.25, 0.3) is 0 Å². The van der Waals surface area contributed by atoms with Gasteiger partial charge in [0.05, 0.1) is 40.3 Å². The van der Waals surface area contributed by atoms with E-state index in [9.17, 15) is 19.5 Å². The maximum atomic E-state index is 12.7. The normalized spacial score (nSPS) is 13.6. The first-order valence-corrected chi connectivity index (χ1v) is 20.3. The summed E-state index contributed by atoms with van der Waals surface area (Å²) in [5.41, 5.74) is 0. The van der Waals surface area contributed by atoms with Crippen LogP contribution in [0.1, 0.15) is 149 Å². The number of carbonyl (C=O) groups excluding carboxylic acids is 3. The molecule has 0 aromatic heterocycles. The van der Waals surface area contributed by atoms with E-state index in [4.69, 9.17) is 14.2 Å². The van der Waals surface area contributed by atoms with E-state index in [2.05, 4.69) is 74.6 Å². The van der Waals surface area contributed by atoms with Crippen molar-refractivity contribution in [3.8, 4) is 0 Å². The van der Waals surface area contributed by atoms with Gasteiger partial charge >= 0.3 is 11.9 Å². The second-order valence-electron chi connectivity index (χ2n) is 14.5. The second kappa shape index (κ2) is 35.1. The first-order valence-electron chi connectivity index (χ1n) is 20.3. The largest absolute Gasteiger partial charge is 0.544 e. The Morgan fingerprint density at radius 3 is 1.67 bits per heavy atom. The molecule has 0 aliphatic heterocycles. The van der Waals surface area contributed by atoms with Crippen molar-refractivity contribution in [3.05, 3.63) is 60.8 Å². The zero-order valence-electron chi connectivity index (χ0n) is 33.7. The molecule has 0 saturated carbocycles. The predicted molar refractivity (Wildman–Crippen MR) is 212 cm³/mol. The van der Waals surface area contributed by atoms with Crippen LogP contribution in [0.2, 0.25) is 0 Å². The van der Waals surface area contributed by atoms with Crippen LogP contribution in [0, 0.1) is 0 Å². The van der Waals surface area contributed by atoms with E-state index in [1.807, 2.05) is 0 Å². The molecule has 0 fully saturated rings. The summed E-state index contributed by atoms with van der Waals surface area (Å²) in [5, 5.41) is 11.6. The van der Waals surface area contributed by atoms with Gasteiger partial charge in [-0.05, 0) is 70.6 Å². The Bertz CT molecular complexity index is 1040. The molecular formula is C44H75NO7. The summed E-state index contributed by atoms with van der Waals surface area (Å²) < 4.78 is 17.0. The van der Waals surface area contributed by atoms with Gasteiger partial charge in [-0.15, -0.1) is 0 Å². The summed E-state index contributed by atoms with van der Waals surface area (Å²) in [4.78, 5) is 36.6. The molecule has 0 aromatic rings. The van der Waals surface area contributed by atoms with Crippen LogP contribution in [-0.4, -0.2) is 75.5 Å². The van der Waals surface area contributed by atoms with Crippen LogP contribution in [0.3, 0.4) is 0 Å². The van der Waals surface area contributed by atoms with Crippen molar-refractivity contribution in [2.45, 2.75) is 161 Å². The van der Waals surface area contributed by atoms with Crippen molar-refractivity contribution in [3.63, 3.8) is 0 Å². The molecule has 0 saturated heterocycles. The zero-order chi connectivity index (χ0) is 38.5. The lowest BCUT2D eigenvalue weighted by Crippen LogP contribution is -2.55. The highest BCUT2D eigenvalue weighted by Crippen LogP contribution is 2.12. The highest BCUT2D eigenvalue weighted by Gasteiger charge is 2.25. The number of carboxylic acid groups (broad SMARTS) is 1. The van der Waals surface area contributed by atoms with Gasteiger partial charge in [-0.25, -0.2) is 0 Å². The maximum Gasteiger partial charge on any atom is 0.306 e. The summed E-state index contributed by atoms with van der Waals surface area (Å²) in [6.45, 7) is 4.44. The molecular weight excluding hydrogens is 654 g/mol. The van der Waals surface area contributed by atoms with Gasteiger partial charge in [0.1, 0.15) is 12.6 Å². The van der Waals surface area contributed by atoms with E-state index in [1.54, 1.807) is 21.1 Å². The molecule has 52 heavy (non-hydrogen) atoms. The average molecular weight is 730 g/mol. The van der Waals surface area contributed by atoms with Crippen LogP contribution in [0.5, 0.6) is 0 Å². The molecule has 298 valence electrons. The third-order valence-corrected chi connectivity index (χ3v) is 8.64. The molecule has 0 amide bonds. The molecule has 0 aliphatic rings.